The molecule has 0 aromatic heterocycles. The first kappa shape index (κ1) is 16.1. The summed E-state index contributed by atoms with van der Waals surface area (Å²) in [5.74, 6) is 0.125. The van der Waals surface area contributed by atoms with Crippen LogP contribution in [0.1, 0.15) is 24.8 Å². The third-order valence-electron chi connectivity index (χ3n) is 5.03. The third kappa shape index (κ3) is 2.91. The fourth-order valence-electron chi connectivity index (χ4n) is 3.31. The fraction of sp³-hybridized carbons (Fsp3) is 0.316. The molecule has 1 fully saturated rings. The van der Waals surface area contributed by atoms with E-state index in [0.29, 0.717) is 12.2 Å². The summed E-state index contributed by atoms with van der Waals surface area (Å²) >= 11 is 0. The number of benzene rings is 2. The molecule has 1 heterocycles. The number of para-hydroxylation sites is 1. The molecule has 1 N–H and O–H groups in total. The molecule has 0 saturated heterocycles. The van der Waals surface area contributed by atoms with E-state index in [1.54, 1.807) is 24.3 Å². The number of nitrogens with one attached hydrogen (secondary N) is 1. The summed E-state index contributed by atoms with van der Waals surface area (Å²) in [6.07, 6.45) is 3.71. The van der Waals surface area contributed by atoms with Gasteiger partial charge in [0.1, 0.15) is 0 Å². The quantitative estimate of drug-likeness (QED) is 0.915. The number of fused-ring (bicyclic) bond motifs is 1. The van der Waals surface area contributed by atoms with Crippen LogP contribution in [0.4, 0.5) is 11.4 Å². The van der Waals surface area contributed by atoms with Gasteiger partial charge in [-0.1, -0.05) is 24.6 Å². The normalized spacial score (nSPS) is 17.0. The van der Waals surface area contributed by atoms with Crippen LogP contribution in [0.5, 0.6) is 0 Å². The van der Waals surface area contributed by atoms with Crippen molar-refractivity contribution in [1.82, 2.24) is 0 Å². The molecule has 0 spiro atoms. The maximum absolute atomic E-state index is 12.9. The Labute approximate surface area is 147 Å². The lowest BCUT2D eigenvalue weighted by Gasteiger charge is -2.24. The number of hydrogen-bond acceptors (Lipinski definition) is 3. The lowest BCUT2D eigenvalue weighted by Crippen LogP contribution is -2.29. The van der Waals surface area contributed by atoms with Crippen LogP contribution in [0.2, 0.25) is 0 Å². The van der Waals surface area contributed by atoms with Crippen molar-refractivity contribution in [2.75, 3.05) is 16.2 Å². The Bertz CT molecular complexity index is 903. The summed E-state index contributed by atoms with van der Waals surface area (Å²) < 4.78 is 27.3. The Hall–Kier alpha value is -2.34. The Morgan fingerprint density at radius 3 is 2.44 bits per heavy atom. The largest absolute Gasteiger partial charge is 0.326 e. The van der Waals surface area contributed by atoms with Crippen LogP contribution in [0, 0.1) is 5.92 Å². The van der Waals surface area contributed by atoms with Gasteiger partial charge in [-0.2, -0.15) is 0 Å². The molecule has 6 heteroatoms. The summed E-state index contributed by atoms with van der Waals surface area (Å²) in [4.78, 5) is 12.2. The van der Waals surface area contributed by atoms with Gasteiger partial charge in [0.15, 0.2) is 0 Å². The van der Waals surface area contributed by atoms with Gasteiger partial charge in [0.25, 0.3) is 10.0 Å². The molecule has 5 nitrogen and oxygen atoms in total. The molecule has 1 aliphatic carbocycles. The highest BCUT2D eigenvalue weighted by atomic mass is 32.2. The van der Waals surface area contributed by atoms with Gasteiger partial charge in [-0.3, -0.25) is 9.10 Å². The van der Waals surface area contributed by atoms with E-state index < -0.39 is 10.0 Å². The minimum absolute atomic E-state index is 0.0235. The number of rotatable bonds is 4. The van der Waals surface area contributed by atoms with Crippen molar-refractivity contribution in [3.63, 3.8) is 0 Å². The molecule has 1 amide bonds. The predicted octanol–water partition coefficient (Wildman–Crippen LogP) is 3.18. The molecule has 1 aliphatic heterocycles. The number of hydrogen-bond donors (Lipinski definition) is 1. The summed E-state index contributed by atoms with van der Waals surface area (Å²) in [6, 6.07) is 14.0. The lowest BCUT2D eigenvalue weighted by molar-refractivity contribution is -0.122. The second kappa shape index (κ2) is 6.19. The Balaban J connectivity index is 1.54. The highest BCUT2D eigenvalue weighted by Crippen LogP contribution is 2.33. The van der Waals surface area contributed by atoms with Gasteiger partial charge in [0.2, 0.25) is 5.91 Å². The summed E-state index contributed by atoms with van der Waals surface area (Å²) in [5.41, 5.74) is 2.44. The fourth-order valence-corrected chi connectivity index (χ4v) is 4.81. The van der Waals surface area contributed by atoms with E-state index in [9.17, 15) is 13.2 Å². The predicted molar refractivity (Wildman–Crippen MR) is 97.1 cm³/mol. The van der Waals surface area contributed by atoms with Crippen molar-refractivity contribution < 1.29 is 13.2 Å². The average Bonchev–Trinajstić information content (AvgIpc) is 2.98. The minimum Gasteiger partial charge on any atom is -0.326 e. The van der Waals surface area contributed by atoms with Crippen molar-refractivity contribution in [2.45, 2.75) is 30.6 Å². The summed E-state index contributed by atoms with van der Waals surface area (Å²) in [6.45, 7) is 0.460. The second-order valence-electron chi connectivity index (χ2n) is 6.60. The number of sulfonamides is 1. The Morgan fingerprint density at radius 2 is 1.76 bits per heavy atom. The first-order valence-electron chi connectivity index (χ1n) is 8.57. The molecule has 1 saturated carbocycles. The maximum Gasteiger partial charge on any atom is 0.264 e. The highest BCUT2D eigenvalue weighted by molar-refractivity contribution is 7.92. The van der Waals surface area contributed by atoms with Crippen LogP contribution in [0.25, 0.3) is 0 Å². The monoisotopic (exact) mass is 356 g/mol. The second-order valence-corrected chi connectivity index (χ2v) is 8.46. The Kier molecular flexibility index (Phi) is 4.00. The molecule has 2 aromatic rings. The lowest BCUT2D eigenvalue weighted by atomic mass is 9.85. The number of carbonyl (C=O) groups excluding carboxylic acids is 1. The van der Waals surface area contributed by atoms with Gasteiger partial charge >= 0.3 is 0 Å². The van der Waals surface area contributed by atoms with E-state index in [2.05, 4.69) is 5.32 Å². The minimum atomic E-state index is -3.59. The highest BCUT2D eigenvalue weighted by Gasteiger charge is 2.30. The zero-order chi connectivity index (χ0) is 17.4. The van der Waals surface area contributed by atoms with Crippen molar-refractivity contribution >= 4 is 27.3 Å². The van der Waals surface area contributed by atoms with Crippen LogP contribution >= 0.6 is 0 Å². The molecule has 25 heavy (non-hydrogen) atoms. The smallest absolute Gasteiger partial charge is 0.264 e. The van der Waals surface area contributed by atoms with Gasteiger partial charge in [0, 0.05) is 18.2 Å². The van der Waals surface area contributed by atoms with Crippen LogP contribution in [0.3, 0.4) is 0 Å². The molecule has 2 aromatic carbocycles. The van der Waals surface area contributed by atoms with Crippen LogP contribution in [-0.4, -0.2) is 20.9 Å². The number of anilines is 2. The van der Waals surface area contributed by atoms with E-state index in [4.69, 9.17) is 0 Å². The molecular formula is C19H20N2O3S. The van der Waals surface area contributed by atoms with Crippen molar-refractivity contribution in [1.29, 1.82) is 0 Å². The van der Waals surface area contributed by atoms with E-state index in [-0.39, 0.29) is 16.7 Å². The number of nitrogens with zero attached hydrogens (tertiary/aromatic N) is 1. The molecule has 0 radical (unpaired) electrons. The van der Waals surface area contributed by atoms with E-state index in [1.807, 2.05) is 24.3 Å². The van der Waals surface area contributed by atoms with E-state index in [1.165, 1.54) is 4.31 Å². The SMILES string of the molecule is O=C(Nc1ccc(S(=O)(=O)N2CCc3ccccc32)cc1)C1CCC1. The molecule has 2 aliphatic rings. The van der Waals surface area contributed by atoms with E-state index in [0.717, 1.165) is 36.9 Å². The van der Waals surface area contributed by atoms with Gasteiger partial charge in [0.05, 0.1) is 10.6 Å². The summed E-state index contributed by atoms with van der Waals surface area (Å²) in [7, 11) is -3.59. The first-order valence-corrected chi connectivity index (χ1v) is 10.0. The van der Waals surface area contributed by atoms with Crippen LogP contribution < -0.4 is 9.62 Å². The molecule has 0 bridgehead atoms. The van der Waals surface area contributed by atoms with E-state index >= 15 is 0 Å². The van der Waals surface area contributed by atoms with Gasteiger partial charge in [-0.15, -0.1) is 0 Å². The van der Waals surface area contributed by atoms with Gasteiger partial charge < -0.3 is 5.32 Å². The number of carbonyl (C=O) groups is 1. The van der Waals surface area contributed by atoms with Crippen LogP contribution in [0.15, 0.2) is 53.4 Å². The molecular weight excluding hydrogens is 336 g/mol. The zero-order valence-corrected chi connectivity index (χ0v) is 14.6. The molecule has 130 valence electrons. The van der Waals surface area contributed by atoms with Crippen molar-refractivity contribution in [3.8, 4) is 0 Å². The van der Waals surface area contributed by atoms with Gasteiger partial charge in [-0.25, -0.2) is 8.42 Å². The van der Waals surface area contributed by atoms with Crippen molar-refractivity contribution in [3.05, 3.63) is 54.1 Å². The molecule has 0 unspecified atom stereocenters. The zero-order valence-electron chi connectivity index (χ0n) is 13.8. The molecule has 0 atom stereocenters. The standard InChI is InChI=1S/C19H20N2O3S/c22-19(15-5-3-6-15)20-16-8-10-17(11-9-16)25(23,24)21-13-12-14-4-1-2-7-18(14)21/h1-2,4,7-11,15H,3,5-6,12-13H2,(H,20,22). The summed E-state index contributed by atoms with van der Waals surface area (Å²) in [5, 5.41) is 2.86. The van der Waals surface area contributed by atoms with Gasteiger partial charge in [-0.05, 0) is 55.2 Å². The third-order valence-corrected chi connectivity index (χ3v) is 6.86. The Morgan fingerprint density at radius 1 is 1.04 bits per heavy atom. The maximum atomic E-state index is 12.9. The first-order chi connectivity index (χ1) is 12.1. The topological polar surface area (TPSA) is 66.5 Å². The van der Waals surface area contributed by atoms with Crippen LogP contribution in [-0.2, 0) is 21.2 Å². The average molecular weight is 356 g/mol. The van der Waals surface area contributed by atoms with Crippen molar-refractivity contribution in [2.24, 2.45) is 5.92 Å². The molecule has 4 rings (SSSR count). The number of amides is 1.